The zero-order valence-corrected chi connectivity index (χ0v) is 10.3. The van der Waals surface area contributed by atoms with Crippen LogP contribution in [-0.4, -0.2) is 18.1 Å². The molecule has 0 aromatic carbocycles. The highest BCUT2D eigenvalue weighted by atomic mass is 79.9. The Hall–Kier alpha value is -1.25. The zero-order chi connectivity index (χ0) is 14.1. The van der Waals surface area contributed by atoms with Gasteiger partial charge in [-0.1, -0.05) is 0 Å². The highest BCUT2D eigenvalue weighted by molar-refractivity contribution is 9.10. The van der Waals surface area contributed by atoms with Gasteiger partial charge in [0.05, 0.1) is 22.7 Å². The third kappa shape index (κ3) is 2.77. The average molecular weight is 334 g/mol. The SMILES string of the molecule is COC(=O)c1c(Br)cnc(C(F)(F)F)c1C(F)F. The number of hydrogen-bond acceptors (Lipinski definition) is 3. The van der Waals surface area contributed by atoms with Crippen molar-refractivity contribution in [3.63, 3.8) is 0 Å². The predicted molar refractivity (Wildman–Crippen MR) is 53.2 cm³/mol. The molecular weight excluding hydrogens is 329 g/mol. The average Bonchev–Trinajstić information content (AvgIpc) is 2.25. The summed E-state index contributed by atoms with van der Waals surface area (Å²) in [6.07, 6.45) is -7.98. The number of esters is 1. The molecule has 0 aliphatic heterocycles. The van der Waals surface area contributed by atoms with Gasteiger partial charge in [-0.2, -0.15) is 13.2 Å². The van der Waals surface area contributed by atoms with E-state index in [1.165, 1.54) is 0 Å². The summed E-state index contributed by atoms with van der Waals surface area (Å²) in [6.45, 7) is 0. The summed E-state index contributed by atoms with van der Waals surface area (Å²) in [5, 5.41) is 0. The lowest BCUT2D eigenvalue weighted by Crippen LogP contribution is -2.18. The van der Waals surface area contributed by atoms with Crippen molar-refractivity contribution in [2.24, 2.45) is 0 Å². The Kier molecular flexibility index (Phi) is 4.25. The van der Waals surface area contributed by atoms with E-state index in [4.69, 9.17) is 0 Å². The first-order valence-electron chi connectivity index (χ1n) is 4.32. The fourth-order valence-corrected chi connectivity index (χ4v) is 1.73. The van der Waals surface area contributed by atoms with Crippen molar-refractivity contribution in [2.45, 2.75) is 12.6 Å². The minimum atomic E-state index is -5.09. The van der Waals surface area contributed by atoms with Crippen molar-refractivity contribution >= 4 is 21.9 Å². The topological polar surface area (TPSA) is 39.2 Å². The highest BCUT2D eigenvalue weighted by Crippen LogP contribution is 2.39. The second-order valence-corrected chi connectivity index (χ2v) is 3.89. The third-order valence-corrected chi connectivity index (χ3v) is 2.55. The first-order chi connectivity index (χ1) is 8.20. The molecule has 0 N–H and O–H groups in total. The van der Waals surface area contributed by atoms with Crippen molar-refractivity contribution in [1.29, 1.82) is 0 Å². The fourth-order valence-electron chi connectivity index (χ4n) is 1.25. The summed E-state index contributed by atoms with van der Waals surface area (Å²) in [5.74, 6) is -1.30. The standard InChI is InChI=1S/C9H5BrF5NO2/c1-18-8(17)4-3(10)2-16-6(9(13,14)15)5(4)7(11)12/h2,7H,1H3. The number of nitrogens with zero attached hydrogens (tertiary/aromatic N) is 1. The van der Waals surface area contributed by atoms with Gasteiger partial charge in [-0.15, -0.1) is 0 Å². The minimum Gasteiger partial charge on any atom is -0.465 e. The van der Waals surface area contributed by atoms with Gasteiger partial charge in [0.1, 0.15) is 0 Å². The van der Waals surface area contributed by atoms with Gasteiger partial charge in [0.25, 0.3) is 6.43 Å². The lowest BCUT2D eigenvalue weighted by molar-refractivity contribution is -0.143. The van der Waals surface area contributed by atoms with Gasteiger partial charge >= 0.3 is 12.1 Å². The van der Waals surface area contributed by atoms with Crippen molar-refractivity contribution < 1.29 is 31.5 Å². The maximum absolute atomic E-state index is 12.7. The van der Waals surface area contributed by atoms with Gasteiger partial charge in [0, 0.05) is 6.20 Å². The van der Waals surface area contributed by atoms with Crippen molar-refractivity contribution in [3.8, 4) is 0 Å². The van der Waals surface area contributed by atoms with Gasteiger partial charge in [-0.05, 0) is 15.9 Å². The summed E-state index contributed by atoms with van der Waals surface area (Å²) in [5.41, 5.74) is -4.18. The smallest absolute Gasteiger partial charge is 0.433 e. The number of hydrogen-bond donors (Lipinski definition) is 0. The van der Waals surface area contributed by atoms with Crippen LogP contribution in [0.5, 0.6) is 0 Å². The summed E-state index contributed by atoms with van der Waals surface area (Å²) < 4.78 is 66.9. The Labute approximate surface area is 106 Å². The van der Waals surface area contributed by atoms with Gasteiger partial charge in [-0.25, -0.2) is 13.6 Å². The molecule has 0 radical (unpaired) electrons. The molecule has 1 rings (SSSR count). The number of methoxy groups -OCH3 is 1. The van der Waals surface area contributed by atoms with Crippen LogP contribution in [0.1, 0.15) is 28.0 Å². The maximum atomic E-state index is 12.7. The van der Waals surface area contributed by atoms with Crippen LogP contribution in [-0.2, 0) is 10.9 Å². The molecular formula is C9H5BrF5NO2. The van der Waals surface area contributed by atoms with Crippen LogP contribution in [0, 0.1) is 0 Å². The van der Waals surface area contributed by atoms with E-state index in [-0.39, 0.29) is 4.47 Å². The molecule has 0 saturated heterocycles. The van der Waals surface area contributed by atoms with Gasteiger partial charge in [0.2, 0.25) is 0 Å². The van der Waals surface area contributed by atoms with E-state index in [0.29, 0.717) is 6.20 Å². The van der Waals surface area contributed by atoms with Crippen LogP contribution < -0.4 is 0 Å². The number of carbonyl (C=O) groups excluding carboxylic acids is 1. The lowest BCUT2D eigenvalue weighted by atomic mass is 10.1. The molecule has 0 bridgehead atoms. The van der Waals surface area contributed by atoms with Crippen LogP contribution in [0.2, 0.25) is 0 Å². The molecule has 1 heterocycles. The molecule has 3 nitrogen and oxygen atoms in total. The molecule has 18 heavy (non-hydrogen) atoms. The zero-order valence-electron chi connectivity index (χ0n) is 8.69. The first kappa shape index (κ1) is 14.8. The lowest BCUT2D eigenvalue weighted by Gasteiger charge is -2.15. The van der Waals surface area contributed by atoms with Crippen LogP contribution in [0.4, 0.5) is 22.0 Å². The quantitative estimate of drug-likeness (QED) is 0.613. The predicted octanol–water partition coefficient (Wildman–Crippen LogP) is 3.59. The summed E-state index contributed by atoms with van der Waals surface area (Å²) in [4.78, 5) is 14.1. The first-order valence-corrected chi connectivity index (χ1v) is 5.11. The molecule has 0 aliphatic carbocycles. The summed E-state index contributed by atoms with van der Waals surface area (Å²) in [7, 11) is 0.873. The molecule has 100 valence electrons. The van der Waals surface area contributed by atoms with Crippen molar-refractivity contribution in [2.75, 3.05) is 7.11 Å². The molecule has 0 unspecified atom stereocenters. The Morgan fingerprint density at radius 2 is 2.00 bits per heavy atom. The normalized spacial score (nSPS) is 11.8. The van der Waals surface area contributed by atoms with Crippen LogP contribution >= 0.6 is 15.9 Å². The molecule has 9 heteroatoms. The van der Waals surface area contributed by atoms with Crippen molar-refractivity contribution in [1.82, 2.24) is 4.98 Å². The Balaban J connectivity index is 3.64. The van der Waals surface area contributed by atoms with E-state index in [2.05, 4.69) is 25.7 Å². The Bertz CT molecular complexity index is 475. The number of pyridine rings is 1. The van der Waals surface area contributed by atoms with Gasteiger partial charge < -0.3 is 4.74 Å². The molecule has 0 saturated carbocycles. The largest absolute Gasteiger partial charge is 0.465 e. The second-order valence-electron chi connectivity index (χ2n) is 3.03. The van der Waals surface area contributed by atoms with Crippen molar-refractivity contribution in [3.05, 3.63) is 27.5 Å². The summed E-state index contributed by atoms with van der Waals surface area (Å²) in [6, 6.07) is 0. The van der Waals surface area contributed by atoms with E-state index in [1.807, 2.05) is 0 Å². The van der Waals surface area contributed by atoms with Gasteiger partial charge in [0.15, 0.2) is 5.69 Å². The second kappa shape index (κ2) is 5.17. The number of carbonyl (C=O) groups is 1. The molecule has 0 spiro atoms. The number of alkyl halides is 5. The van der Waals surface area contributed by atoms with E-state index >= 15 is 0 Å². The Morgan fingerprint density at radius 3 is 2.39 bits per heavy atom. The minimum absolute atomic E-state index is 0.294. The monoisotopic (exact) mass is 333 g/mol. The molecule has 1 aromatic heterocycles. The molecule has 0 atom stereocenters. The number of ether oxygens (including phenoxy) is 1. The molecule has 0 amide bonds. The number of rotatable bonds is 2. The maximum Gasteiger partial charge on any atom is 0.433 e. The van der Waals surface area contributed by atoms with E-state index in [9.17, 15) is 26.7 Å². The van der Waals surface area contributed by atoms with E-state index in [0.717, 1.165) is 7.11 Å². The molecule has 0 fully saturated rings. The Morgan fingerprint density at radius 1 is 1.44 bits per heavy atom. The number of halogens is 6. The number of aromatic nitrogens is 1. The van der Waals surface area contributed by atoms with E-state index in [1.54, 1.807) is 0 Å². The van der Waals surface area contributed by atoms with E-state index < -0.39 is 35.4 Å². The third-order valence-electron chi connectivity index (χ3n) is 1.95. The summed E-state index contributed by atoms with van der Waals surface area (Å²) >= 11 is 2.69. The fraction of sp³-hybridized carbons (Fsp3) is 0.333. The molecule has 1 aromatic rings. The highest BCUT2D eigenvalue weighted by Gasteiger charge is 2.41. The van der Waals surface area contributed by atoms with Crippen LogP contribution in [0.3, 0.4) is 0 Å². The molecule has 0 aliphatic rings. The van der Waals surface area contributed by atoms with Crippen LogP contribution in [0.15, 0.2) is 10.7 Å². The van der Waals surface area contributed by atoms with Crippen LogP contribution in [0.25, 0.3) is 0 Å². The van der Waals surface area contributed by atoms with Gasteiger partial charge in [-0.3, -0.25) is 4.98 Å².